The summed E-state index contributed by atoms with van der Waals surface area (Å²) >= 11 is 3.25. The largest absolute Gasteiger partial charge is 0.372 e. The van der Waals surface area contributed by atoms with Crippen LogP contribution in [0.25, 0.3) is 0 Å². The Morgan fingerprint density at radius 3 is 2.43 bits per heavy atom. The second kappa shape index (κ2) is 8.84. The van der Waals surface area contributed by atoms with Crippen LogP contribution >= 0.6 is 15.9 Å². The molecule has 0 saturated carbocycles. The van der Waals surface area contributed by atoms with Gasteiger partial charge in [-0.15, -0.1) is 0 Å². The van der Waals surface area contributed by atoms with Crippen LogP contribution in [0.5, 0.6) is 0 Å². The molecule has 0 bridgehead atoms. The molecule has 5 nitrogen and oxygen atoms in total. The second-order valence-electron chi connectivity index (χ2n) is 6.97. The highest BCUT2D eigenvalue weighted by Crippen LogP contribution is 2.18. The number of carbonyl (C=O) groups excluding carboxylic acids is 2. The van der Waals surface area contributed by atoms with Crippen molar-refractivity contribution < 1.29 is 18.7 Å². The summed E-state index contributed by atoms with van der Waals surface area (Å²) < 4.78 is 19.5. The van der Waals surface area contributed by atoms with Crippen molar-refractivity contribution in [1.29, 1.82) is 0 Å². The Bertz CT molecular complexity index is 862. The molecule has 1 aliphatic heterocycles. The van der Waals surface area contributed by atoms with Crippen LogP contribution in [0, 0.1) is 5.82 Å². The Morgan fingerprint density at radius 1 is 1.14 bits per heavy atom. The van der Waals surface area contributed by atoms with E-state index in [9.17, 15) is 14.0 Å². The van der Waals surface area contributed by atoms with E-state index in [1.807, 2.05) is 13.8 Å². The molecule has 2 aromatic rings. The van der Waals surface area contributed by atoms with Gasteiger partial charge in [-0.25, -0.2) is 4.39 Å². The number of morpholine rings is 1. The van der Waals surface area contributed by atoms with E-state index in [0.717, 1.165) is 5.56 Å². The Morgan fingerprint density at radius 2 is 1.79 bits per heavy atom. The van der Waals surface area contributed by atoms with Gasteiger partial charge in [-0.2, -0.15) is 0 Å². The highest BCUT2D eigenvalue weighted by Gasteiger charge is 2.26. The molecule has 148 valence electrons. The van der Waals surface area contributed by atoms with E-state index in [2.05, 4.69) is 21.2 Å². The topological polar surface area (TPSA) is 58.6 Å². The molecule has 1 fully saturated rings. The fourth-order valence-corrected chi connectivity index (χ4v) is 3.67. The number of hydrogen-bond donors (Lipinski definition) is 1. The SMILES string of the molecule is CC1CN(C(=O)c2ccc(CNC(=O)c3cc(F)ccc3Br)cc2)CC(C)O1. The van der Waals surface area contributed by atoms with Gasteiger partial charge in [-0.05, 0) is 65.7 Å². The summed E-state index contributed by atoms with van der Waals surface area (Å²) in [5.74, 6) is -0.868. The van der Waals surface area contributed by atoms with E-state index in [1.54, 1.807) is 29.2 Å². The number of hydrogen-bond acceptors (Lipinski definition) is 3. The number of ether oxygens (including phenoxy) is 1. The van der Waals surface area contributed by atoms with E-state index in [0.29, 0.717) is 23.1 Å². The molecule has 0 radical (unpaired) electrons. The first-order valence-corrected chi connectivity index (χ1v) is 9.89. The first kappa shape index (κ1) is 20.5. The molecule has 1 saturated heterocycles. The van der Waals surface area contributed by atoms with Crippen molar-refractivity contribution in [2.45, 2.75) is 32.6 Å². The highest BCUT2D eigenvalue weighted by molar-refractivity contribution is 9.10. The third-order valence-electron chi connectivity index (χ3n) is 4.53. The molecule has 2 aromatic carbocycles. The van der Waals surface area contributed by atoms with E-state index in [4.69, 9.17) is 4.74 Å². The number of nitrogens with one attached hydrogen (secondary N) is 1. The molecule has 2 amide bonds. The van der Waals surface area contributed by atoms with Crippen molar-refractivity contribution in [2.24, 2.45) is 0 Å². The van der Waals surface area contributed by atoms with E-state index < -0.39 is 5.82 Å². The summed E-state index contributed by atoms with van der Waals surface area (Å²) in [6, 6.07) is 11.1. The third-order valence-corrected chi connectivity index (χ3v) is 5.23. The van der Waals surface area contributed by atoms with Crippen LogP contribution in [0.15, 0.2) is 46.9 Å². The van der Waals surface area contributed by atoms with E-state index >= 15 is 0 Å². The summed E-state index contributed by atoms with van der Waals surface area (Å²) in [7, 11) is 0. The zero-order valence-electron chi connectivity index (χ0n) is 15.7. The summed E-state index contributed by atoms with van der Waals surface area (Å²) in [6.07, 6.45) is 0.0358. The Kier molecular flexibility index (Phi) is 6.46. The summed E-state index contributed by atoms with van der Waals surface area (Å²) in [5, 5.41) is 2.76. The van der Waals surface area contributed by atoms with Gasteiger partial charge in [0.15, 0.2) is 0 Å². The predicted octanol–water partition coefficient (Wildman–Crippen LogP) is 3.77. The van der Waals surface area contributed by atoms with Gasteiger partial charge in [0.25, 0.3) is 11.8 Å². The van der Waals surface area contributed by atoms with Gasteiger partial charge in [0.2, 0.25) is 0 Å². The third kappa shape index (κ3) is 4.97. The van der Waals surface area contributed by atoms with Gasteiger partial charge in [-0.3, -0.25) is 9.59 Å². The maximum Gasteiger partial charge on any atom is 0.254 e. The first-order valence-electron chi connectivity index (χ1n) is 9.10. The molecule has 1 aliphatic rings. The molecule has 3 rings (SSSR count). The Balaban J connectivity index is 1.60. The highest BCUT2D eigenvalue weighted by atomic mass is 79.9. The van der Waals surface area contributed by atoms with Gasteiger partial charge in [0.1, 0.15) is 5.82 Å². The average Bonchev–Trinajstić information content (AvgIpc) is 2.67. The summed E-state index contributed by atoms with van der Waals surface area (Å²) in [5.41, 5.74) is 1.69. The molecular formula is C21H22BrFN2O3. The zero-order valence-corrected chi connectivity index (χ0v) is 17.3. The van der Waals surface area contributed by atoms with Crippen LogP contribution in [0.1, 0.15) is 40.1 Å². The maximum atomic E-state index is 13.3. The van der Waals surface area contributed by atoms with Crippen molar-refractivity contribution in [3.05, 3.63) is 69.4 Å². The average molecular weight is 449 g/mol. The number of benzene rings is 2. The van der Waals surface area contributed by atoms with Crippen molar-refractivity contribution in [2.75, 3.05) is 13.1 Å². The fourth-order valence-electron chi connectivity index (χ4n) is 3.24. The fraction of sp³-hybridized carbons (Fsp3) is 0.333. The molecule has 0 spiro atoms. The minimum absolute atomic E-state index is 0.0179. The lowest BCUT2D eigenvalue weighted by molar-refractivity contribution is -0.0586. The van der Waals surface area contributed by atoms with Crippen LogP contribution in [-0.2, 0) is 11.3 Å². The van der Waals surface area contributed by atoms with Gasteiger partial charge in [0, 0.05) is 29.7 Å². The number of rotatable bonds is 4. The van der Waals surface area contributed by atoms with Crippen LogP contribution in [0.2, 0.25) is 0 Å². The quantitative estimate of drug-likeness (QED) is 0.774. The molecule has 0 aromatic heterocycles. The van der Waals surface area contributed by atoms with Gasteiger partial charge in [-0.1, -0.05) is 12.1 Å². The predicted molar refractivity (Wildman–Crippen MR) is 108 cm³/mol. The van der Waals surface area contributed by atoms with Gasteiger partial charge < -0.3 is 15.0 Å². The standard InChI is InChI=1S/C21H22BrFN2O3/c1-13-11-25(12-14(2)28-13)21(27)16-5-3-15(4-6-16)10-24-20(26)18-9-17(23)7-8-19(18)22/h3-9,13-14H,10-12H2,1-2H3,(H,24,26). The summed E-state index contributed by atoms with van der Waals surface area (Å²) in [6.45, 7) is 5.34. The molecule has 2 unspecified atom stereocenters. The molecule has 28 heavy (non-hydrogen) atoms. The zero-order chi connectivity index (χ0) is 20.3. The monoisotopic (exact) mass is 448 g/mol. The minimum atomic E-state index is -0.469. The molecular weight excluding hydrogens is 427 g/mol. The summed E-state index contributed by atoms with van der Waals surface area (Å²) in [4.78, 5) is 26.7. The van der Waals surface area contributed by atoms with Crippen LogP contribution < -0.4 is 5.32 Å². The molecule has 1 heterocycles. The normalized spacial score (nSPS) is 19.4. The molecule has 0 aliphatic carbocycles. The van der Waals surface area contributed by atoms with Crippen molar-refractivity contribution in [3.8, 4) is 0 Å². The van der Waals surface area contributed by atoms with E-state index in [-0.39, 0.29) is 36.1 Å². The lowest BCUT2D eigenvalue weighted by Crippen LogP contribution is -2.48. The minimum Gasteiger partial charge on any atom is -0.372 e. The van der Waals surface area contributed by atoms with E-state index in [1.165, 1.54) is 18.2 Å². The number of halogens is 2. The van der Waals surface area contributed by atoms with Gasteiger partial charge in [0.05, 0.1) is 17.8 Å². The number of carbonyl (C=O) groups is 2. The Hall–Kier alpha value is -2.25. The second-order valence-corrected chi connectivity index (χ2v) is 7.83. The van der Waals surface area contributed by atoms with Gasteiger partial charge >= 0.3 is 0 Å². The first-order chi connectivity index (χ1) is 13.3. The lowest BCUT2D eigenvalue weighted by Gasteiger charge is -2.35. The lowest BCUT2D eigenvalue weighted by atomic mass is 10.1. The molecule has 2 atom stereocenters. The molecule has 7 heteroatoms. The number of amides is 2. The van der Waals surface area contributed by atoms with Crippen molar-refractivity contribution in [1.82, 2.24) is 10.2 Å². The van der Waals surface area contributed by atoms with Crippen LogP contribution in [-0.4, -0.2) is 42.0 Å². The van der Waals surface area contributed by atoms with Crippen molar-refractivity contribution >= 4 is 27.7 Å². The van der Waals surface area contributed by atoms with Crippen LogP contribution in [0.3, 0.4) is 0 Å². The maximum absolute atomic E-state index is 13.3. The van der Waals surface area contributed by atoms with Crippen LogP contribution in [0.4, 0.5) is 4.39 Å². The Labute approximate surface area is 172 Å². The van der Waals surface area contributed by atoms with Crippen molar-refractivity contribution in [3.63, 3.8) is 0 Å². The molecule has 1 N–H and O–H groups in total. The number of nitrogens with zero attached hydrogens (tertiary/aromatic N) is 1. The smallest absolute Gasteiger partial charge is 0.254 e.